The first-order valence-corrected chi connectivity index (χ1v) is 11.1. The third-order valence-corrected chi connectivity index (χ3v) is 4.83. The van der Waals surface area contributed by atoms with Crippen LogP contribution in [0.15, 0.2) is 46.5 Å². The van der Waals surface area contributed by atoms with Crippen molar-refractivity contribution >= 4 is 23.4 Å². The monoisotopic (exact) mass is 419 g/mol. The predicted molar refractivity (Wildman–Crippen MR) is 116 cm³/mol. The smallest absolute Gasteiger partial charge is 0.326 e. The maximum absolute atomic E-state index is 12.7. The van der Waals surface area contributed by atoms with Crippen molar-refractivity contribution in [1.29, 1.82) is 0 Å². The van der Waals surface area contributed by atoms with E-state index in [0.29, 0.717) is 30.6 Å². The molecule has 0 aliphatic rings. The maximum Gasteiger partial charge on any atom is 0.326 e. The third-order valence-electron chi connectivity index (χ3n) is 4.14. The molecule has 2 rings (SSSR count). The first kappa shape index (κ1) is 22.8. The van der Waals surface area contributed by atoms with Crippen LogP contribution in [0.2, 0.25) is 0 Å². The average Bonchev–Trinajstić information content (AvgIpc) is 2.74. The summed E-state index contributed by atoms with van der Waals surface area (Å²) in [4.78, 5) is 29.0. The molecule has 0 fully saturated rings. The van der Waals surface area contributed by atoms with E-state index in [1.54, 1.807) is 0 Å². The van der Waals surface area contributed by atoms with Crippen LogP contribution in [0.1, 0.15) is 32.6 Å². The van der Waals surface area contributed by atoms with Crippen molar-refractivity contribution in [3.8, 4) is 5.75 Å². The van der Waals surface area contributed by atoms with Crippen molar-refractivity contribution in [2.45, 2.75) is 44.3 Å². The van der Waals surface area contributed by atoms with Gasteiger partial charge in [0.05, 0.1) is 19.4 Å². The molecule has 29 heavy (non-hydrogen) atoms. The maximum atomic E-state index is 12.7. The summed E-state index contributed by atoms with van der Waals surface area (Å²) in [6, 6.07) is 9.67. The molecule has 0 saturated carbocycles. The van der Waals surface area contributed by atoms with Crippen molar-refractivity contribution in [2.75, 3.05) is 31.3 Å². The number of unbranched alkanes of at least 4 members (excludes halogenated alkanes) is 2. The molecular weight excluding hydrogens is 390 g/mol. The van der Waals surface area contributed by atoms with Gasteiger partial charge in [-0.2, -0.15) is 0 Å². The number of ether oxygens (including phenoxy) is 2. The molecule has 1 heterocycles. The molecule has 0 unspecified atom stereocenters. The number of para-hydroxylation sites is 1. The minimum absolute atomic E-state index is 0.133. The number of carbonyl (C=O) groups is 1. The van der Waals surface area contributed by atoms with Gasteiger partial charge in [-0.15, -0.1) is 0 Å². The Labute approximate surface area is 175 Å². The highest BCUT2D eigenvalue weighted by Crippen LogP contribution is 2.12. The lowest BCUT2D eigenvalue weighted by Gasteiger charge is -2.13. The molecule has 0 atom stereocenters. The molecule has 1 aromatic carbocycles. The van der Waals surface area contributed by atoms with Crippen LogP contribution in [0.5, 0.6) is 5.75 Å². The van der Waals surface area contributed by atoms with Crippen LogP contribution in [0.25, 0.3) is 0 Å². The predicted octanol–water partition coefficient (Wildman–Crippen LogP) is 3.58. The second kappa shape index (κ2) is 12.9. The lowest BCUT2D eigenvalue weighted by Crippen LogP contribution is -2.30. The fourth-order valence-corrected chi connectivity index (χ4v) is 3.09. The summed E-state index contributed by atoms with van der Waals surface area (Å²) in [6.07, 6.45) is 6.80. The van der Waals surface area contributed by atoms with Crippen molar-refractivity contribution in [3.63, 3.8) is 0 Å². The summed E-state index contributed by atoms with van der Waals surface area (Å²) >= 11 is 1.32. The standard InChI is InChI=1S/C21H29N3O4S/c1-3-4-13-28-19(25)16-24-20(26)18(15-23-21(24)29-2)22-12-8-9-14-27-17-10-6-5-7-11-17/h5-7,10-11,15,22H,3-4,8-9,12-14,16H2,1-2H3. The molecule has 0 bridgehead atoms. The minimum Gasteiger partial charge on any atom is -0.494 e. The van der Waals surface area contributed by atoms with E-state index in [2.05, 4.69) is 10.3 Å². The molecule has 0 saturated heterocycles. The minimum atomic E-state index is -0.423. The fraction of sp³-hybridized carbons (Fsp3) is 0.476. The Hall–Kier alpha value is -2.48. The van der Waals surface area contributed by atoms with Crippen LogP contribution in [-0.2, 0) is 16.1 Å². The van der Waals surface area contributed by atoms with Gasteiger partial charge in [-0.3, -0.25) is 14.2 Å². The van der Waals surface area contributed by atoms with Gasteiger partial charge in [0.15, 0.2) is 5.16 Å². The molecule has 1 N–H and O–H groups in total. The van der Waals surface area contributed by atoms with Crippen LogP contribution in [0.4, 0.5) is 5.69 Å². The van der Waals surface area contributed by atoms with Crippen molar-refractivity contribution in [3.05, 3.63) is 46.9 Å². The number of aromatic nitrogens is 2. The highest BCUT2D eigenvalue weighted by atomic mass is 32.2. The highest BCUT2D eigenvalue weighted by Gasteiger charge is 2.14. The first-order valence-electron chi connectivity index (χ1n) is 9.87. The quantitative estimate of drug-likeness (QED) is 0.230. The van der Waals surface area contributed by atoms with E-state index in [9.17, 15) is 9.59 Å². The van der Waals surface area contributed by atoms with E-state index in [0.717, 1.165) is 31.4 Å². The molecule has 7 nitrogen and oxygen atoms in total. The van der Waals surface area contributed by atoms with Crippen molar-refractivity contribution in [2.24, 2.45) is 0 Å². The number of benzene rings is 1. The van der Waals surface area contributed by atoms with E-state index < -0.39 is 5.97 Å². The number of nitrogens with zero attached hydrogens (tertiary/aromatic N) is 2. The van der Waals surface area contributed by atoms with E-state index in [4.69, 9.17) is 9.47 Å². The zero-order chi connectivity index (χ0) is 20.9. The Bertz CT molecular complexity index is 811. The lowest BCUT2D eigenvalue weighted by atomic mass is 10.3. The molecule has 1 aromatic heterocycles. The molecule has 0 amide bonds. The SMILES string of the molecule is CCCCOC(=O)Cn1c(SC)ncc(NCCCCOc2ccccc2)c1=O. The fourth-order valence-electron chi connectivity index (χ4n) is 2.56. The third kappa shape index (κ3) is 7.81. The number of thioether (sulfide) groups is 1. The molecule has 8 heteroatoms. The normalized spacial score (nSPS) is 10.6. The van der Waals surface area contributed by atoms with Gasteiger partial charge >= 0.3 is 5.97 Å². The molecular formula is C21H29N3O4S. The summed E-state index contributed by atoms with van der Waals surface area (Å²) in [7, 11) is 0. The number of nitrogens with one attached hydrogen (secondary N) is 1. The summed E-state index contributed by atoms with van der Waals surface area (Å²) in [5.74, 6) is 0.430. The summed E-state index contributed by atoms with van der Waals surface area (Å²) in [5.41, 5.74) is 0.116. The van der Waals surface area contributed by atoms with E-state index >= 15 is 0 Å². The van der Waals surface area contributed by atoms with Crippen LogP contribution in [-0.4, -0.2) is 41.5 Å². The Kier molecular flexibility index (Phi) is 10.1. The average molecular weight is 420 g/mol. The first-order chi connectivity index (χ1) is 14.2. The number of hydrogen-bond acceptors (Lipinski definition) is 7. The van der Waals surface area contributed by atoms with Crippen molar-refractivity contribution < 1.29 is 14.3 Å². The zero-order valence-corrected chi connectivity index (χ0v) is 17.9. The van der Waals surface area contributed by atoms with Gasteiger partial charge in [0.1, 0.15) is 18.0 Å². The van der Waals surface area contributed by atoms with Gasteiger partial charge in [0, 0.05) is 6.54 Å². The van der Waals surface area contributed by atoms with Gasteiger partial charge in [0.2, 0.25) is 0 Å². The molecule has 0 aliphatic heterocycles. The van der Waals surface area contributed by atoms with Crippen LogP contribution in [0, 0.1) is 0 Å². The molecule has 158 valence electrons. The topological polar surface area (TPSA) is 82.5 Å². The molecule has 0 aliphatic carbocycles. The number of anilines is 1. The second-order valence-corrected chi connectivity index (χ2v) is 7.19. The van der Waals surface area contributed by atoms with Gasteiger partial charge in [0.25, 0.3) is 5.56 Å². The number of rotatable bonds is 13. The van der Waals surface area contributed by atoms with Gasteiger partial charge in [-0.1, -0.05) is 43.3 Å². The second-order valence-electron chi connectivity index (χ2n) is 6.42. The summed E-state index contributed by atoms with van der Waals surface area (Å²) < 4.78 is 12.2. The van der Waals surface area contributed by atoms with Gasteiger partial charge < -0.3 is 14.8 Å². The van der Waals surface area contributed by atoms with Crippen molar-refractivity contribution in [1.82, 2.24) is 9.55 Å². The molecule has 0 spiro atoms. The molecule has 0 radical (unpaired) electrons. The van der Waals surface area contributed by atoms with E-state index in [1.807, 2.05) is 43.5 Å². The Morgan fingerprint density at radius 1 is 1.17 bits per heavy atom. The van der Waals surface area contributed by atoms with Crippen LogP contribution in [0.3, 0.4) is 0 Å². The number of carbonyl (C=O) groups excluding carboxylic acids is 1. The number of esters is 1. The Morgan fingerprint density at radius 2 is 1.97 bits per heavy atom. The highest BCUT2D eigenvalue weighted by molar-refractivity contribution is 7.98. The largest absolute Gasteiger partial charge is 0.494 e. The van der Waals surface area contributed by atoms with Gasteiger partial charge in [-0.05, 0) is 37.7 Å². The van der Waals surface area contributed by atoms with Gasteiger partial charge in [-0.25, -0.2) is 4.98 Å². The van der Waals surface area contributed by atoms with Crippen LogP contribution < -0.4 is 15.6 Å². The van der Waals surface area contributed by atoms with E-state index in [1.165, 1.54) is 22.5 Å². The molecule has 2 aromatic rings. The number of hydrogen-bond donors (Lipinski definition) is 1. The van der Waals surface area contributed by atoms with Crippen LogP contribution >= 0.6 is 11.8 Å². The zero-order valence-electron chi connectivity index (χ0n) is 17.1. The van der Waals surface area contributed by atoms with E-state index in [-0.39, 0.29) is 12.1 Å². The Morgan fingerprint density at radius 3 is 2.69 bits per heavy atom. The lowest BCUT2D eigenvalue weighted by molar-refractivity contribution is -0.144. The Balaban J connectivity index is 1.83. The summed E-state index contributed by atoms with van der Waals surface area (Å²) in [5, 5.41) is 3.61. The summed E-state index contributed by atoms with van der Waals surface area (Å²) in [6.45, 7) is 3.50.